The van der Waals surface area contributed by atoms with Crippen LogP contribution >= 0.6 is 0 Å². The Bertz CT molecular complexity index is 623. The van der Waals surface area contributed by atoms with E-state index >= 15 is 0 Å². The van der Waals surface area contributed by atoms with Crippen LogP contribution in [0.25, 0.3) is 0 Å². The molecule has 1 amide bonds. The van der Waals surface area contributed by atoms with E-state index in [4.69, 9.17) is 10.5 Å². The molecule has 1 aliphatic heterocycles. The molecule has 25 heavy (non-hydrogen) atoms. The van der Waals surface area contributed by atoms with E-state index in [9.17, 15) is 4.79 Å². The number of methoxy groups -OCH3 is 1. The Morgan fingerprint density at radius 3 is 2.60 bits per heavy atom. The molecule has 0 aromatic carbocycles. The quantitative estimate of drug-likeness (QED) is 0.576. The molecule has 8 nitrogen and oxygen atoms in total. The average Bonchev–Trinajstić information content (AvgIpc) is 2.62. The fourth-order valence-electron chi connectivity index (χ4n) is 2.80. The van der Waals surface area contributed by atoms with E-state index in [2.05, 4.69) is 25.1 Å². The largest absolute Gasteiger partial charge is 0.481 e. The predicted molar refractivity (Wildman–Crippen MR) is 97.4 cm³/mol. The summed E-state index contributed by atoms with van der Waals surface area (Å²) >= 11 is 0. The molecule has 1 saturated heterocycles. The van der Waals surface area contributed by atoms with Crippen LogP contribution in [0.4, 0.5) is 0 Å². The lowest BCUT2D eigenvalue weighted by atomic mass is 10.0. The molecule has 0 bridgehead atoms. The molecule has 0 aliphatic carbocycles. The van der Waals surface area contributed by atoms with Crippen LogP contribution in [0, 0.1) is 0 Å². The topological polar surface area (TPSA) is 96.1 Å². The third-order valence-electron chi connectivity index (χ3n) is 4.60. The summed E-state index contributed by atoms with van der Waals surface area (Å²) in [7, 11) is 3.37. The summed E-state index contributed by atoms with van der Waals surface area (Å²) < 4.78 is 5.14. The SMILES string of the molecule is CN=C(NCc1cccc(OC)n1)N1CCN(C(C)(C)C(N)=O)CC1. The summed E-state index contributed by atoms with van der Waals surface area (Å²) in [5.74, 6) is 1.12. The van der Waals surface area contributed by atoms with Gasteiger partial charge in [-0.05, 0) is 19.9 Å². The number of amides is 1. The van der Waals surface area contributed by atoms with Crippen molar-refractivity contribution in [1.82, 2.24) is 20.1 Å². The number of nitrogens with one attached hydrogen (secondary N) is 1. The zero-order valence-electron chi connectivity index (χ0n) is 15.5. The average molecular weight is 348 g/mol. The van der Waals surface area contributed by atoms with Crippen molar-refractivity contribution >= 4 is 11.9 Å². The molecular formula is C17H28N6O2. The molecule has 2 heterocycles. The van der Waals surface area contributed by atoms with Crippen LogP contribution in [0.2, 0.25) is 0 Å². The van der Waals surface area contributed by atoms with Crippen molar-refractivity contribution < 1.29 is 9.53 Å². The summed E-state index contributed by atoms with van der Waals surface area (Å²) in [6.07, 6.45) is 0. The van der Waals surface area contributed by atoms with Crippen LogP contribution in [-0.4, -0.2) is 72.5 Å². The van der Waals surface area contributed by atoms with Crippen molar-refractivity contribution in [2.45, 2.75) is 25.9 Å². The van der Waals surface area contributed by atoms with E-state index in [1.807, 2.05) is 32.0 Å². The predicted octanol–water partition coefficient (Wildman–Crippen LogP) is 0.0471. The van der Waals surface area contributed by atoms with E-state index < -0.39 is 5.54 Å². The van der Waals surface area contributed by atoms with Gasteiger partial charge in [-0.1, -0.05) is 6.07 Å². The third-order valence-corrected chi connectivity index (χ3v) is 4.60. The summed E-state index contributed by atoms with van der Waals surface area (Å²) in [5.41, 5.74) is 5.76. The molecule has 138 valence electrons. The first-order valence-corrected chi connectivity index (χ1v) is 8.39. The molecule has 2 rings (SSSR count). The van der Waals surface area contributed by atoms with Gasteiger partial charge in [0.05, 0.1) is 24.9 Å². The van der Waals surface area contributed by atoms with Gasteiger partial charge in [-0.2, -0.15) is 0 Å². The van der Waals surface area contributed by atoms with Gasteiger partial charge in [-0.25, -0.2) is 4.98 Å². The van der Waals surface area contributed by atoms with Crippen molar-refractivity contribution in [1.29, 1.82) is 0 Å². The van der Waals surface area contributed by atoms with Crippen molar-refractivity contribution in [3.63, 3.8) is 0 Å². The first-order chi connectivity index (χ1) is 11.9. The van der Waals surface area contributed by atoms with Gasteiger partial charge in [0.2, 0.25) is 11.8 Å². The second-order valence-corrected chi connectivity index (χ2v) is 6.47. The second kappa shape index (κ2) is 8.15. The summed E-state index contributed by atoms with van der Waals surface area (Å²) in [5, 5.41) is 3.33. The number of piperazine rings is 1. The number of carbonyl (C=O) groups excluding carboxylic acids is 1. The Morgan fingerprint density at radius 1 is 1.36 bits per heavy atom. The number of pyridine rings is 1. The molecule has 0 unspecified atom stereocenters. The number of aromatic nitrogens is 1. The molecule has 1 aromatic heterocycles. The van der Waals surface area contributed by atoms with Gasteiger partial charge >= 0.3 is 0 Å². The van der Waals surface area contributed by atoms with Crippen molar-refractivity contribution in [3.05, 3.63) is 23.9 Å². The lowest BCUT2D eigenvalue weighted by Gasteiger charge is -2.43. The van der Waals surface area contributed by atoms with Gasteiger partial charge in [0.15, 0.2) is 5.96 Å². The zero-order valence-corrected chi connectivity index (χ0v) is 15.5. The Balaban J connectivity index is 1.91. The number of aliphatic imine (C=N–C) groups is 1. The van der Waals surface area contributed by atoms with Gasteiger partial charge in [0.25, 0.3) is 0 Å². The Kier molecular flexibility index (Phi) is 6.19. The fraction of sp³-hybridized carbons (Fsp3) is 0.588. The molecule has 0 saturated carbocycles. The monoisotopic (exact) mass is 348 g/mol. The van der Waals surface area contributed by atoms with Crippen LogP contribution in [-0.2, 0) is 11.3 Å². The first kappa shape index (κ1) is 19.0. The second-order valence-electron chi connectivity index (χ2n) is 6.47. The van der Waals surface area contributed by atoms with Crippen LogP contribution in [0.1, 0.15) is 19.5 Å². The number of primary amides is 1. The smallest absolute Gasteiger partial charge is 0.237 e. The Morgan fingerprint density at radius 2 is 2.04 bits per heavy atom. The van der Waals surface area contributed by atoms with E-state index in [-0.39, 0.29) is 5.91 Å². The minimum Gasteiger partial charge on any atom is -0.481 e. The molecule has 1 fully saturated rings. The number of ether oxygens (including phenoxy) is 1. The first-order valence-electron chi connectivity index (χ1n) is 8.39. The Hall–Kier alpha value is -2.35. The highest BCUT2D eigenvalue weighted by molar-refractivity contribution is 5.84. The minimum atomic E-state index is -0.631. The van der Waals surface area contributed by atoms with Gasteiger partial charge in [0, 0.05) is 39.3 Å². The molecule has 0 atom stereocenters. The number of rotatable bonds is 5. The highest BCUT2D eigenvalue weighted by atomic mass is 16.5. The van der Waals surface area contributed by atoms with Crippen molar-refractivity contribution in [2.24, 2.45) is 10.7 Å². The number of hydrogen-bond acceptors (Lipinski definition) is 5. The lowest BCUT2D eigenvalue weighted by molar-refractivity contribution is -0.129. The third kappa shape index (κ3) is 4.60. The number of carbonyl (C=O) groups is 1. The van der Waals surface area contributed by atoms with Crippen molar-refractivity contribution in [3.8, 4) is 5.88 Å². The zero-order chi connectivity index (χ0) is 18.4. The van der Waals surface area contributed by atoms with Crippen LogP contribution in [0.3, 0.4) is 0 Å². The number of hydrogen-bond donors (Lipinski definition) is 2. The lowest BCUT2D eigenvalue weighted by Crippen LogP contribution is -2.61. The maximum atomic E-state index is 11.6. The number of guanidine groups is 1. The van der Waals surface area contributed by atoms with Crippen LogP contribution in [0.5, 0.6) is 5.88 Å². The normalized spacial score (nSPS) is 16.6. The fourth-order valence-corrected chi connectivity index (χ4v) is 2.80. The van der Waals surface area contributed by atoms with E-state index in [1.165, 1.54) is 0 Å². The molecule has 0 spiro atoms. The van der Waals surface area contributed by atoms with Crippen molar-refractivity contribution in [2.75, 3.05) is 40.3 Å². The van der Waals surface area contributed by atoms with Crippen LogP contribution in [0.15, 0.2) is 23.2 Å². The highest BCUT2D eigenvalue weighted by Crippen LogP contribution is 2.16. The molecule has 0 radical (unpaired) electrons. The van der Waals surface area contributed by atoms with E-state index in [1.54, 1.807) is 14.2 Å². The van der Waals surface area contributed by atoms with E-state index in [0.717, 1.165) is 37.8 Å². The number of nitrogens with two attached hydrogens (primary N) is 1. The molecule has 1 aromatic rings. The van der Waals surface area contributed by atoms with Gasteiger partial charge in [0.1, 0.15) is 0 Å². The number of nitrogens with zero attached hydrogens (tertiary/aromatic N) is 4. The molecule has 3 N–H and O–H groups in total. The minimum absolute atomic E-state index is 0.299. The Labute approximate surface area is 149 Å². The van der Waals surface area contributed by atoms with Crippen LogP contribution < -0.4 is 15.8 Å². The summed E-state index contributed by atoms with van der Waals surface area (Å²) in [6, 6.07) is 5.67. The molecule has 1 aliphatic rings. The summed E-state index contributed by atoms with van der Waals surface area (Å²) in [6.45, 7) is 7.38. The maximum absolute atomic E-state index is 11.6. The standard InChI is InChI=1S/C17H28N6O2/c1-17(2,15(18)24)23-10-8-22(9-11-23)16(19-3)20-12-13-6-5-7-14(21-13)25-4/h5-7H,8-12H2,1-4H3,(H2,18,24)(H,19,20). The maximum Gasteiger partial charge on any atom is 0.237 e. The molecule has 8 heteroatoms. The highest BCUT2D eigenvalue weighted by Gasteiger charge is 2.35. The van der Waals surface area contributed by atoms with Gasteiger partial charge in [-0.3, -0.25) is 14.7 Å². The van der Waals surface area contributed by atoms with Gasteiger partial charge < -0.3 is 20.7 Å². The van der Waals surface area contributed by atoms with Gasteiger partial charge in [-0.15, -0.1) is 0 Å². The molecular weight excluding hydrogens is 320 g/mol. The summed E-state index contributed by atoms with van der Waals surface area (Å²) in [4.78, 5) is 24.6. The van der Waals surface area contributed by atoms with E-state index in [0.29, 0.717) is 12.4 Å².